The number of nitrogens with one attached hydrogen (secondary N) is 3. The molecule has 0 aliphatic carbocycles. The van der Waals surface area contributed by atoms with E-state index in [1.54, 1.807) is 6.20 Å². The first-order valence-electron chi connectivity index (χ1n) is 9.18. The summed E-state index contributed by atoms with van der Waals surface area (Å²) in [5.41, 5.74) is 1.75. The van der Waals surface area contributed by atoms with Crippen LogP contribution in [0.4, 0.5) is 5.82 Å². The van der Waals surface area contributed by atoms with Gasteiger partial charge in [0.15, 0.2) is 5.84 Å². The summed E-state index contributed by atoms with van der Waals surface area (Å²) in [6.07, 6.45) is 3.74. The third-order valence-electron chi connectivity index (χ3n) is 3.68. The van der Waals surface area contributed by atoms with Crippen molar-refractivity contribution in [2.75, 3.05) is 18.7 Å². The van der Waals surface area contributed by atoms with E-state index < -0.39 is 0 Å². The van der Waals surface area contributed by atoms with Crippen molar-refractivity contribution in [2.45, 2.75) is 47.1 Å². The van der Waals surface area contributed by atoms with Crippen LogP contribution in [-0.2, 0) is 11.3 Å². The van der Waals surface area contributed by atoms with Crippen molar-refractivity contribution < 1.29 is 4.74 Å². The van der Waals surface area contributed by atoms with Crippen LogP contribution in [0.25, 0.3) is 0 Å². The molecule has 0 radical (unpaired) electrons. The zero-order chi connectivity index (χ0) is 20.2. The maximum absolute atomic E-state index is 12.3. The predicted molar refractivity (Wildman–Crippen MR) is 110 cm³/mol. The molecule has 27 heavy (non-hydrogen) atoms. The van der Waals surface area contributed by atoms with Gasteiger partial charge in [0.2, 0.25) is 0 Å². The first-order valence-corrected chi connectivity index (χ1v) is 9.18. The molecule has 0 aliphatic rings. The van der Waals surface area contributed by atoms with Gasteiger partial charge in [-0.2, -0.15) is 0 Å². The van der Waals surface area contributed by atoms with Gasteiger partial charge < -0.3 is 15.0 Å². The lowest BCUT2D eigenvalue weighted by Crippen LogP contribution is -2.21. The Kier molecular flexibility index (Phi) is 9.74. The minimum absolute atomic E-state index is 0.103. The second-order valence-electron chi connectivity index (χ2n) is 5.64. The van der Waals surface area contributed by atoms with E-state index in [1.807, 2.05) is 32.9 Å². The SMILES string of the molecule is C=NC(=N)c1[nH]c(=O)n(Cc2ccc(C)nc2)c1NCOCCCC.CC. The quantitative estimate of drug-likeness (QED) is 0.271. The van der Waals surface area contributed by atoms with Crippen LogP contribution in [0.3, 0.4) is 0 Å². The van der Waals surface area contributed by atoms with Crippen molar-refractivity contribution in [3.8, 4) is 0 Å². The summed E-state index contributed by atoms with van der Waals surface area (Å²) in [5, 5.41) is 10.9. The number of imidazole rings is 1. The highest BCUT2D eigenvalue weighted by Crippen LogP contribution is 2.15. The summed E-state index contributed by atoms with van der Waals surface area (Å²) in [6, 6.07) is 3.81. The molecule has 2 heterocycles. The molecular weight excluding hydrogens is 344 g/mol. The number of hydrogen-bond acceptors (Lipinski definition) is 5. The van der Waals surface area contributed by atoms with Gasteiger partial charge in [0.1, 0.15) is 18.2 Å². The Balaban J connectivity index is 0.00000176. The number of ether oxygens (including phenoxy) is 1. The zero-order valence-electron chi connectivity index (χ0n) is 16.6. The smallest absolute Gasteiger partial charge is 0.328 e. The van der Waals surface area contributed by atoms with Gasteiger partial charge in [-0.15, -0.1) is 0 Å². The van der Waals surface area contributed by atoms with Crippen molar-refractivity contribution in [2.24, 2.45) is 4.99 Å². The Bertz CT molecular complexity index is 776. The summed E-state index contributed by atoms with van der Waals surface area (Å²) in [5.74, 6) is 0.355. The number of amidine groups is 1. The largest absolute Gasteiger partial charge is 0.361 e. The molecule has 0 amide bonds. The van der Waals surface area contributed by atoms with E-state index in [-0.39, 0.29) is 18.3 Å². The average Bonchev–Trinajstić information content (AvgIpc) is 3.00. The molecule has 148 valence electrons. The standard InChI is InChI=1S/C17H24N6O2.C2H6/c1-4-5-8-25-11-21-16-14(15(18)19-3)22-17(24)23(16)10-13-7-6-12(2)20-9-13;1-2/h6-7,9,18,21H,3-5,8,10-11H2,1-2H3,(H,22,24);1-2H3. The van der Waals surface area contributed by atoms with Gasteiger partial charge in [0, 0.05) is 18.5 Å². The van der Waals surface area contributed by atoms with Gasteiger partial charge in [-0.25, -0.2) is 9.79 Å². The Labute approximate surface area is 160 Å². The molecule has 0 aliphatic heterocycles. The molecule has 8 nitrogen and oxygen atoms in total. The number of hydrogen-bond donors (Lipinski definition) is 3. The van der Waals surface area contributed by atoms with Gasteiger partial charge >= 0.3 is 5.69 Å². The molecule has 2 rings (SSSR count). The molecule has 0 fully saturated rings. The molecule has 3 N–H and O–H groups in total. The van der Waals surface area contributed by atoms with Crippen LogP contribution in [0, 0.1) is 12.3 Å². The van der Waals surface area contributed by atoms with Crippen molar-refractivity contribution in [3.05, 3.63) is 45.8 Å². The third-order valence-corrected chi connectivity index (χ3v) is 3.68. The topological polar surface area (TPSA) is 108 Å². The monoisotopic (exact) mass is 374 g/mol. The van der Waals surface area contributed by atoms with Crippen LogP contribution >= 0.6 is 0 Å². The number of aromatic amines is 1. The molecular formula is C19H30N6O2. The summed E-state index contributed by atoms with van der Waals surface area (Å²) >= 11 is 0. The Hall–Kier alpha value is -2.74. The number of aromatic nitrogens is 3. The number of unbranched alkanes of at least 4 members (excludes halogenated alkanes) is 1. The first-order chi connectivity index (χ1) is 13.1. The van der Waals surface area contributed by atoms with E-state index in [0.29, 0.717) is 24.7 Å². The molecule has 0 unspecified atom stereocenters. The van der Waals surface area contributed by atoms with Gasteiger partial charge in [0.05, 0.1) is 6.54 Å². The number of rotatable bonds is 9. The van der Waals surface area contributed by atoms with Crippen LogP contribution in [0.5, 0.6) is 0 Å². The number of H-pyrrole nitrogens is 1. The summed E-state index contributed by atoms with van der Waals surface area (Å²) < 4.78 is 7.01. The highest BCUT2D eigenvalue weighted by molar-refractivity contribution is 6.01. The Morgan fingerprint density at radius 1 is 1.44 bits per heavy atom. The molecule has 8 heteroatoms. The number of anilines is 1. The second kappa shape index (κ2) is 11.8. The van der Waals surface area contributed by atoms with Crippen molar-refractivity contribution in [1.29, 1.82) is 5.41 Å². The van der Waals surface area contributed by atoms with Gasteiger partial charge in [0.25, 0.3) is 0 Å². The third kappa shape index (κ3) is 6.49. The van der Waals surface area contributed by atoms with Crippen LogP contribution in [0.15, 0.2) is 28.1 Å². The molecule has 0 atom stereocenters. The maximum atomic E-state index is 12.3. The fourth-order valence-electron chi connectivity index (χ4n) is 2.27. The molecule has 2 aromatic heterocycles. The number of nitrogens with zero attached hydrogens (tertiary/aromatic N) is 3. The Morgan fingerprint density at radius 2 is 2.19 bits per heavy atom. The van der Waals surface area contributed by atoms with Crippen molar-refractivity contribution >= 4 is 18.4 Å². The zero-order valence-corrected chi connectivity index (χ0v) is 16.6. The van der Waals surface area contributed by atoms with Gasteiger partial charge in [-0.3, -0.25) is 15.0 Å². The summed E-state index contributed by atoms with van der Waals surface area (Å²) in [6.45, 7) is 12.5. The fraction of sp³-hybridized carbons (Fsp3) is 0.474. The van der Waals surface area contributed by atoms with Crippen molar-refractivity contribution in [3.63, 3.8) is 0 Å². The minimum Gasteiger partial charge on any atom is -0.361 e. The van der Waals surface area contributed by atoms with E-state index in [4.69, 9.17) is 10.1 Å². The second-order valence-corrected chi connectivity index (χ2v) is 5.64. The average molecular weight is 374 g/mol. The summed E-state index contributed by atoms with van der Waals surface area (Å²) in [4.78, 5) is 22.8. The number of aryl methyl sites for hydroxylation is 1. The highest BCUT2D eigenvalue weighted by atomic mass is 16.5. The highest BCUT2D eigenvalue weighted by Gasteiger charge is 2.17. The maximum Gasteiger partial charge on any atom is 0.328 e. The lowest BCUT2D eigenvalue weighted by atomic mass is 10.2. The lowest BCUT2D eigenvalue weighted by Gasteiger charge is -2.12. The summed E-state index contributed by atoms with van der Waals surface area (Å²) in [7, 11) is 0. The van der Waals surface area contributed by atoms with E-state index in [1.165, 1.54) is 4.57 Å². The van der Waals surface area contributed by atoms with E-state index in [0.717, 1.165) is 24.1 Å². The van der Waals surface area contributed by atoms with E-state index in [2.05, 4.69) is 33.9 Å². The molecule has 0 saturated carbocycles. The molecule has 0 saturated heterocycles. The molecule has 0 spiro atoms. The Morgan fingerprint density at radius 3 is 2.78 bits per heavy atom. The fourth-order valence-corrected chi connectivity index (χ4v) is 2.27. The lowest BCUT2D eigenvalue weighted by molar-refractivity contribution is 0.148. The molecule has 0 aromatic carbocycles. The normalized spacial score (nSPS) is 10.1. The number of pyridine rings is 1. The number of aliphatic imine (C=N–C) groups is 1. The van der Waals surface area contributed by atoms with Crippen molar-refractivity contribution in [1.82, 2.24) is 14.5 Å². The van der Waals surface area contributed by atoms with Crippen LogP contribution in [0.2, 0.25) is 0 Å². The van der Waals surface area contributed by atoms with E-state index in [9.17, 15) is 4.79 Å². The van der Waals surface area contributed by atoms with Gasteiger partial charge in [-0.05, 0) is 31.7 Å². The van der Waals surface area contributed by atoms with E-state index >= 15 is 0 Å². The minimum atomic E-state index is -0.333. The van der Waals surface area contributed by atoms with Crippen LogP contribution < -0.4 is 11.0 Å². The molecule has 0 bridgehead atoms. The molecule has 2 aromatic rings. The predicted octanol–water partition coefficient (Wildman–Crippen LogP) is 3.17. The van der Waals surface area contributed by atoms with Gasteiger partial charge in [-0.1, -0.05) is 33.3 Å². The van der Waals surface area contributed by atoms with Crippen LogP contribution in [0.1, 0.15) is 50.6 Å². The van der Waals surface area contributed by atoms with Crippen LogP contribution in [-0.4, -0.2) is 40.4 Å². The first kappa shape index (κ1) is 22.3.